The van der Waals surface area contributed by atoms with Crippen molar-refractivity contribution in [1.82, 2.24) is 20.7 Å². The van der Waals surface area contributed by atoms with Crippen molar-refractivity contribution in [2.45, 2.75) is 6.92 Å². The normalized spacial score (nSPS) is 10.1. The molecular formula is C11H13N5S2. The maximum Gasteiger partial charge on any atom is 0.185 e. The second-order valence-electron chi connectivity index (χ2n) is 3.75. The van der Waals surface area contributed by atoms with Crippen molar-refractivity contribution in [3.05, 3.63) is 29.9 Å². The van der Waals surface area contributed by atoms with Crippen LogP contribution in [-0.4, -0.2) is 21.6 Å². The van der Waals surface area contributed by atoms with E-state index in [1.54, 1.807) is 11.3 Å². The number of thiocarbonyl (C=S) groups is 1. The SMILES string of the molecule is C=C(C)CNC(=S)NNc1ncnc2sccc12. The fraction of sp³-hybridized carbons (Fsp3) is 0.182. The van der Waals surface area contributed by atoms with E-state index >= 15 is 0 Å². The molecule has 2 aromatic rings. The van der Waals surface area contributed by atoms with E-state index in [9.17, 15) is 0 Å². The van der Waals surface area contributed by atoms with Gasteiger partial charge in [-0.2, -0.15) is 0 Å². The average molecular weight is 279 g/mol. The van der Waals surface area contributed by atoms with Crippen LogP contribution in [0.5, 0.6) is 0 Å². The molecule has 0 aliphatic heterocycles. The maximum absolute atomic E-state index is 5.11. The van der Waals surface area contributed by atoms with Crippen LogP contribution < -0.4 is 16.2 Å². The zero-order valence-corrected chi connectivity index (χ0v) is 11.5. The summed E-state index contributed by atoms with van der Waals surface area (Å²) < 4.78 is 0. The second kappa shape index (κ2) is 5.74. The number of hydrogen-bond donors (Lipinski definition) is 3. The lowest BCUT2D eigenvalue weighted by atomic mass is 10.3. The highest BCUT2D eigenvalue weighted by molar-refractivity contribution is 7.80. The van der Waals surface area contributed by atoms with Gasteiger partial charge in [0.05, 0.1) is 5.39 Å². The van der Waals surface area contributed by atoms with Gasteiger partial charge in [0, 0.05) is 6.54 Å². The molecule has 94 valence electrons. The molecule has 2 rings (SSSR count). The summed E-state index contributed by atoms with van der Waals surface area (Å²) in [4.78, 5) is 9.27. The number of nitrogens with zero attached hydrogens (tertiary/aromatic N) is 2. The van der Waals surface area contributed by atoms with Gasteiger partial charge in [0.2, 0.25) is 0 Å². The van der Waals surface area contributed by atoms with Crippen LogP contribution >= 0.6 is 23.6 Å². The van der Waals surface area contributed by atoms with E-state index in [4.69, 9.17) is 12.2 Å². The fourth-order valence-electron chi connectivity index (χ4n) is 1.28. The lowest BCUT2D eigenvalue weighted by Gasteiger charge is -2.12. The van der Waals surface area contributed by atoms with Crippen molar-refractivity contribution in [3.63, 3.8) is 0 Å². The van der Waals surface area contributed by atoms with Gasteiger partial charge in [-0.05, 0) is 30.6 Å². The predicted octanol–water partition coefficient (Wildman–Crippen LogP) is 2.06. The largest absolute Gasteiger partial charge is 0.358 e. The number of thiophene rings is 1. The molecule has 18 heavy (non-hydrogen) atoms. The first-order valence-corrected chi connectivity index (χ1v) is 6.58. The zero-order valence-electron chi connectivity index (χ0n) is 9.86. The highest BCUT2D eigenvalue weighted by Crippen LogP contribution is 2.22. The third-order valence-electron chi connectivity index (χ3n) is 2.11. The molecule has 2 aromatic heterocycles. The molecule has 0 radical (unpaired) electrons. The molecule has 0 spiro atoms. The smallest absolute Gasteiger partial charge is 0.185 e. The molecule has 0 atom stereocenters. The van der Waals surface area contributed by atoms with Crippen LogP contribution in [0, 0.1) is 0 Å². The Kier molecular flexibility index (Phi) is 4.06. The highest BCUT2D eigenvalue weighted by atomic mass is 32.1. The Hall–Kier alpha value is -1.73. The van der Waals surface area contributed by atoms with Crippen LogP contribution in [0.1, 0.15) is 6.92 Å². The molecule has 0 fully saturated rings. The van der Waals surface area contributed by atoms with Gasteiger partial charge in [0.25, 0.3) is 0 Å². The van der Waals surface area contributed by atoms with Crippen LogP contribution in [-0.2, 0) is 0 Å². The van der Waals surface area contributed by atoms with E-state index in [0.717, 1.165) is 15.8 Å². The molecule has 0 aliphatic rings. The van der Waals surface area contributed by atoms with Gasteiger partial charge in [-0.25, -0.2) is 9.97 Å². The number of aromatic nitrogens is 2. The lowest BCUT2D eigenvalue weighted by molar-refractivity contribution is 0.939. The molecule has 0 bridgehead atoms. The third-order valence-corrected chi connectivity index (χ3v) is 3.17. The summed E-state index contributed by atoms with van der Waals surface area (Å²) in [5.74, 6) is 0.709. The molecule has 5 nitrogen and oxygen atoms in total. The minimum atomic E-state index is 0.500. The van der Waals surface area contributed by atoms with Gasteiger partial charge >= 0.3 is 0 Å². The van der Waals surface area contributed by atoms with E-state index in [0.29, 0.717) is 17.5 Å². The second-order valence-corrected chi connectivity index (χ2v) is 5.05. The summed E-state index contributed by atoms with van der Waals surface area (Å²) in [7, 11) is 0. The average Bonchev–Trinajstić information content (AvgIpc) is 2.82. The van der Waals surface area contributed by atoms with Gasteiger partial charge in [0.15, 0.2) is 10.9 Å². The van der Waals surface area contributed by atoms with Gasteiger partial charge < -0.3 is 5.32 Å². The number of rotatable bonds is 4. The first-order chi connectivity index (χ1) is 8.66. The van der Waals surface area contributed by atoms with Crippen LogP contribution in [0.3, 0.4) is 0 Å². The summed E-state index contributed by atoms with van der Waals surface area (Å²) in [6.07, 6.45) is 1.52. The molecule has 0 aromatic carbocycles. The fourth-order valence-corrected chi connectivity index (χ4v) is 2.14. The quantitative estimate of drug-likeness (QED) is 0.452. The minimum Gasteiger partial charge on any atom is -0.358 e. The Morgan fingerprint density at radius 3 is 3.11 bits per heavy atom. The summed E-state index contributed by atoms with van der Waals surface area (Å²) in [6, 6.07) is 1.97. The number of hydrazine groups is 1. The molecule has 0 unspecified atom stereocenters. The van der Waals surface area contributed by atoms with Crippen LogP contribution in [0.15, 0.2) is 29.9 Å². The van der Waals surface area contributed by atoms with Crippen molar-refractivity contribution in [2.75, 3.05) is 12.0 Å². The molecule has 0 saturated carbocycles. The maximum atomic E-state index is 5.11. The molecular weight excluding hydrogens is 266 g/mol. The molecule has 7 heteroatoms. The molecule has 3 N–H and O–H groups in total. The number of anilines is 1. The zero-order chi connectivity index (χ0) is 13.0. The number of hydrogen-bond acceptors (Lipinski definition) is 5. The third kappa shape index (κ3) is 3.14. The van der Waals surface area contributed by atoms with Crippen LogP contribution in [0.4, 0.5) is 5.82 Å². The summed E-state index contributed by atoms with van der Waals surface area (Å²) in [5.41, 5.74) is 6.86. The minimum absolute atomic E-state index is 0.500. The lowest BCUT2D eigenvalue weighted by Crippen LogP contribution is -2.39. The van der Waals surface area contributed by atoms with Crippen molar-refractivity contribution in [3.8, 4) is 0 Å². The van der Waals surface area contributed by atoms with Crippen LogP contribution in [0.25, 0.3) is 10.2 Å². The summed E-state index contributed by atoms with van der Waals surface area (Å²) in [6.45, 7) is 6.37. The Morgan fingerprint density at radius 1 is 1.50 bits per heavy atom. The summed E-state index contributed by atoms with van der Waals surface area (Å²) in [5, 5.41) is 6.46. The highest BCUT2D eigenvalue weighted by Gasteiger charge is 2.04. The molecule has 0 saturated heterocycles. The Balaban J connectivity index is 1.96. The van der Waals surface area contributed by atoms with Crippen molar-refractivity contribution < 1.29 is 0 Å². The van der Waals surface area contributed by atoms with Crippen LogP contribution in [0.2, 0.25) is 0 Å². The van der Waals surface area contributed by atoms with Crippen molar-refractivity contribution in [2.24, 2.45) is 0 Å². The van der Waals surface area contributed by atoms with Crippen molar-refractivity contribution >= 4 is 44.7 Å². The Morgan fingerprint density at radius 2 is 2.33 bits per heavy atom. The van der Waals surface area contributed by atoms with Gasteiger partial charge in [-0.1, -0.05) is 12.2 Å². The molecule has 2 heterocycles. The first-order valence-electron chi connectivity index (χ1n) is 5.29. The van der Waals surface area contributed by atoms with E-state index in [2.05, 4.69) is 32.7 Å². The predicted molar refractivity (Wildman–Crippen MR) is 79.6 cm³/mol. The molecule has 0 aliphatic carbocycles. The van der Waals surface area contributed by atoms with E-state index in [1.807, 2.05) is 18.4 Å². The van der Waals surface area contributed by atoms with Gasteiger partial charge in [0.1, 0.15) is 11.2 Å². The van der Waals surface area contributed by atoms with E-state index in [1.165, 1.54) is 6.33 Å². The first kappa shape index (κ1) is 12.7. The van der Waals surface area contributed by atoms with Gasteiger partial charge in [-0.15, -0.1) is 11.3 Å². The Labute approximate surface area is 114 Å². The van der Waals surface area contributed by atoms with Crippen molar-refractivity contribution in [1.29, 1.82) is 0 Å². The Bertz CT molecular complexity index is 578. The number of fused-ring (bicyclic) bond motifs is 1. The standard InChI is InChI=1S/C11H13N5S2/c1-7(2)5-12-11(17)16-15-9-8-3-4-18-10(8)14-6-13-9/h3-4,6H,1,5H2,2H3,(H2,12,16,17)(H,13,14,15). The topological polar surface area (TPSA) is 61.9 Å². The van der Waals surface area contributed by atoms with E-state index in [-0.39, 0.29) is 0 Å². The monoisotopic (exact) mass is 279 g/mol. The van der Waals surface area contributed by atoms with E-state index < -0.39 is 0 Å². The molecule has 0 amide bonds. The summed E-state index contributed by atoms with van der Waals surface area (Å²) >= 11 is 6.68. The van der Waals surface area contributed by atoms with Gasteiger partial charge in [-0.3, -0.25) is 10.9 Å². The number of nitrogens with one attached hydrogen (secondary N) is 3.